The summed E-state index contributed by atoms with van der Waals surface area (Å²) < 4.78 is 50.5. The minimum absolute atomic E-state index is 0.0555. The summed E-state index contributed by atoms with van der Waals surface area (Å²) in [7, 11) is 0. The van der Waals surface area contributed by atoms with E-state index in [1.165, 1.54) is 0 Å². The van der Waals surface area contributed by atoms with Crippen molar-refractivity contribution >= 4 is 17.6 Å². The van der Waals surface area contributed by atoms with Crippen LogP contribution in [0, 0.1) is 0 Å². The van der Waals surface area contributed by atoms with Gasteiger partial charge in [-0.15, -0.1) is 0 Å². The summed E-state index contributed by atoms with van der Waals surface area (Å²) in [6.07, 6.45) is -4.58. The van der Waals surface area contributed by atoms with Crippen molar-refractivity contribution in [2.45, 2.75) is 39.4 Å². The van der Waals surface area contributed by atoms with Crippen molar-refractivity contribution in [3.05, 3.63) is 48.0 Å². The zero-order valence-electron chi connectivity index (χ0n) is 18.2. The molecule has 0 radical (unpaired) electrons. The van der Waals surface area contributed by atoms with Gasteiger partial charge in [0.2, 0.25) is 5.91 Å². The van der Waals surface area contributed by atoms with E-state index in [9.17, 15) is 22.8 Å². The highest BCUT2D eigenvalue weighted by atomic mass is 19.4. The number of ether oxygens (including phenoxy) is 2. The van der Waals surface area contributed by atoms with Gasteiger partial charge in [0.05, 0.1) is 24.4 Å². The van der Waals surface area contributed by atoms with Gasteiger partial charge >= 0.3 is 12.2 Å². The first-order valence-electron chi connectivity index (χ1n) is 9.85. The molecule has 10 heteroatoms. The number of carbonyl (C=O) groups excluding carboxylic acids is 2. The standard InChI is InChI=1S/C22H26F3N3O4/c1-5-31-15-7-9-16(10-8-15)32-18-11-6-14(22(23,24)25)12-17(18)26-13-19(29)27-20(30)28-21(2,3)4/h6-12,26H,5,13H2,1-4H3,(H2,27,28,29,30). The minimum atomic E-state index is -4.58. The van der Waals surface area contributed by atoms with E-state index in [-0.39, 0.29) is 11.4 Å². The quantitative estimate of drug-likeness (QED) is 0.553. The number of hydrogen-bond donors (Lipinski definition) is 3. The molecule has 32 heavy (non-hydrogen) atoms. The molecular formula is C22H26F3N3O4. The van der Waals surface area contributed by atoms with Crippen molar-refractivity contribution < 1.29 is 32.2 Å². The molecule has 2 rings (SSSR count). The number of hydrogen-bond acceptors (Lipinski definition) is 5. The smallest absolute Gasteiger partial charge is 0.416 e. The van der Waals surface area contributed by atoms with Crippen LogP contribution in [0.15, 0.2) is 42.5 Å². The van der Waals surface area contributed by atoms with Crippen molar-refractivity contribution in [1.29, 1.82) is 0 Å². The number of nitrogens with one attached hydrogen (secondary N) is 3. The average molecular weight is 453 g/mol. The highest BCUT2D eigenvalue weighted by Crippen LogP contribution is 2.37. The Morgan fingerprint density at radius 3 is 2.16 bits per heavy atom. The van der Waals surface area contributed by atoms with E-state index in [1.54, 1.807) is 45.0 Å². The number of halogens is 3. The maximum Gasteiger partial charge on any atom is 0.416 e. The molecule has 0 spiro atoms. The van der Waals surface area contributed by atoms with Crippen LogP contribution in [-0.4, -0.2) is 30.6 Å². The largest absolute Gasteiger partial charge is 0.494 e. The Morgan fingerprint density at radius 2 is 1.59 bits per heavy atom. The fourth-order valence-electron chi connectivity index (χ4n) is 2.55. The Morgan fingerprint density at radius 1 is 0.969 bits per heavy atom. The van der Waals surface area contributed by atoms with Crippen molar-refractivity contribution in [1.82, 2.24) is 10.6 Å². The summed E-state index contributed by atoms with van der Waals surface area (Å²) in [5, 5.41) is 7.27. The van der Waals surface area contributed by atoms with Gasteiger partial charge in [0.25, 0.3) is 0 Å². The topological polar surface area (TPSA) is 88.7 Å². The zero-order valence-corrected chi connectivity index (χ0v) is 18.2. The van der Waals surface area contributed by atoms with Crippen LogP contribution in [0.4, 0.5) is 23.7 Å². The molecule has 7 nitrogen and oxygen atoms in total. The second-order valence-corrected chi connectivity index (χ2v) is 7.82. The molecule has 0 atom stereocenters. The third kappa shape index (κ3) is 8.01. The zero-order chi connectivity index (χ0) is 23.9. The highest BCUT2D eigenvalue weighted by Gasteiger charge is 2.31. The maximum atomic E-state index is 13.2. The Kier molecular flexibility index (Phi) is 7.96. The number of urea groups is 1. The molecule has 0 saturated heterocycles. The second kappa shape index (κ2) is 10.3. The van der Waals surface area contributed by atoms with Gasteiger partial charge in [-0.3, -0.25) is 10.1 Å². The summed E-state index contributed by atoms with van der Waals surface area (Å²) in [4.78, 5) is 23.8. The van der Waals surface area contributed by atoms with Crippen LogP contribution in [0.3, 0.4) is 0 Å². The first-order valence-corrected chi connectivity index (χ1v) is 9.85. The molecule has 3 amide bonds. The number of anilines is 1. The molecule has 2 aromatic carbocycles. The molecule has 0 saturated carbocycles. The minimum Gasteiger partial charge on any atom is -0.494 e. The molecule has 0 aliphatic heterocycles. The molecule has 174 valence electrons. The van der Waals surface area contributed by atoms with Crippen LogP contribution in [0.2, 0.25) is 0 Å². The molecule has 2 aromatic rings. The van der Waals surface area contributed by atoms with Gasteiger partial charge in [0, 0.05) is 5.54 Å². The van der Waals surface area contributed by atoms with Gasteiger partial charge in [-0.25, -0.2) is 4.79 Å². The molecule has 0 bridgehead atoms. The third-order valence-corrected chi connectivity index (χ3v) is 3.85. The Hall–Kier alpha value is -3.43. The summed E-state index contributed by atoms with van der Waals surface area (Å²) in [5.41, 5.74) is -1.53. The van der Waals surface area contributed by atoms with E-state index in [2.05, 4.69) is 16.0 Å². The number of alkyl halides is 3. The van der Waals surface area contributed by atoms with Crippen LogP contribution < -0.4 is 25.4 Å². The summed E-state index contributed by atoms with van der Waals surface area (Å²) in [5.74, 6) is 0.339. The molecule has 0 aliphatic carbocycles. The lowest BCUT2D eigenvalue weighted by atomic mass is 10.1. The molecule has 0 aliphatic rings. The monoisotopic (exact) mass is 453 g/mol. The van der Waals surface area contributed by atoms with E-state index in [0.29, 0.717) is 18.1 Å². The summed E-state index contributed by atoms with van der Waals surface area (Å²) in [6.45, 7) is 7.10. The lowest BCUT2D eigenvalue weighted by Crippen LogP contribution is -2.49. The number of imide groups is 1. The number of rotatable bonds is 7. The Labute approximate surface area is 184 Å². The fraction of sp³-hybridized carbons (Fsp3) is 0.364. The molecule has 0 aromatic heterocycles. The predicted molar refractivity (Wildman–Crippen MR) is 114 cm³/mol. The number of benzene rings is 2. The van der Waals surface area contributed by atoms with E-state index >= 15 is 0 Å². The fourth-order valence-corrected chi connectivity index (χ4v) is 2.55. The van der Waals surface area contributed by atoms with Gasteiger partial charge < -0.3 is 20.1 Å². The molecule has 3 N–H and O–H groups in total. The predicted octanol–water partition coefficient (Wildman–Crippen LogP) is 4.93. The Bertz CT molecular complexity index is 939. The van der Waals surface area contributed by atoms with Crippen molar-refractivity contribution in [3.8, 4) is 17.2 Å². The van der Waals surface area contributed by atoms with Gasteiger partial charge in [0.15, 0.2) is 5.75 Å². The lowest BCUT2D eigenvalue weighted by Gasteiger charge is -2.20. The van der Waals surface area contributed by atoms with Gasteiger partial charge in [-0.2, -0.15) is 13.2 Å². The normalized spacial score (nSPS) is 11.5. The van der Waals surface area contributed by atoms with Crippen LogP contribution in [0.5, 0.6) is 17.2 Å². The number of carbonyl (C=O) groups is 2. The highest BCUT2D eigenvalue weighted by molar-refractivity contribution is 5.96. The van der Waals surface area contributed by atoms with E-state index in [1.807, 2.05) is 6.92 Å². The van der Waals surface area contributed by atoms with Crippen molar-refractivity contribution in [2.24, 2.45) is 0 Å². The van der Waals surface area contributed by atoms with Crippen LogP contribution in [0.1, 0.15) is 33.3 Å². The van der Waals surface area contributed by atoms with Crippen molar-refractivity contribution in [2.75, 3.05) is 18.5 Å². The summed E-state index contributed by atoms with van der Waals surface area (Å²) >= 11 is 0. The first-order chi connectivity index (χ1) is 14.9. The van der Waals surface area contributed by atoms with Crippen LogP contribution in [0.25, 0.3) is 0 Å². The molecular weight excluding hydrogens is 427 g/mol. The lowest BCUT2D eigenvalue weighted by molar-refractivity contribution is -0.137. The van der Waals surface area contributed by atoms with Gasteiger partial charge in [-0.05, 0) is 70.2 Å². The summed E-state index contributed by atoms with van der Waals surface area (Å²) in [6, 6.07) is 8.71. The van der Waals surface area contributed by atoms with Crippen LogP contribution in [-0.2, 0) is 11.0 Å². The maximum absolute atomic E-state index is 13.2. The van der Waals surface area contributed by atoms with E-state index in [4.69, 9.17) is 9.47 Å². The second-order valence-electron chi connectivity index (χ2n) is 7.82. The van der Waals surface area contributed by atoms with Crippen molar-refractivity contribution in [3.63, 3.8) is 0 Å². The third-order valence-electron chi connectivity index (χ3n) is 3.85. The SMILES string of the molecule is CCOc1ccc(Oc2ccc(C(F)(F)F)cc2NCC(=O)NC(=O)NC(C)(C)C)cc1. The van der Waals surface area contributed by atoms with Gasteiger partial charge in [0.1, 0.15) is 11.5 Å². The first kappa shape index (κ1) is 24.8. The average Bonchev–Trinajstić information content (AvgIpc) is 2.66. The molecule has 0 fully saturated rings. The van der Waals surface area contributed by atoms with Gasteiger partial charge in [-0.1, -0.05) is 0 Å². The number of amides is 3. The molecule has 0 unspecified atom stereocenters. The Balaban J connectivity index is 2.15. The van der Waals surface area contributed by atoms with E-state index < -0.39 is 35.8 Å². The van der Waals surface area contributed by atoms with E-state index in [0.717, 1.165) is 18.2 Å². The van der Waals surface area contributed by atoms with Crippen LogP contribution >= 0.6 is 0 Å². The molecule has 0 heterocycles.